The van der Waals surface area contributed by atoms with E-state index in [2.05, 4.69) is 4.98 Å². The monoisotopic (exact) mass is 249 g/mol. The molecule has 2 rings (SSSR count). The second-order valence-electron chi connectivity index (χ2n) is 4.71. The van der Waals surface area contributed by atoms with Crippen LogP contribution in [0.1, 0.15) is 29.4 Å². The molecule has 5 nitrogen and oxygen atoms in total. The summed E-state index contributed by atoms with van der Waals surface area (Å²) >= 11 is 0. The first-order valence-electron chi connectivity index (χ1n) is 6.21. The van der Waals surface area contributed by atoms with Crippen molar-refractivity contribution in [3.8, 4) is 0 Å². The fourth-order valence-corrected chi connectivity index (χ4v) is 2.18. The first kappa shape index (κ1) is 12.8. The molecule has 2 heterocycles. The van der Waals surface area contributed by atoms with Crippen LogP contribution in [-0.2, 0) is 4.74 Å². The number of nitrogens with two attached hydrogens (primary N) is 1. The lowest BCUT2D eigenvalue weighted by molar-refractivity contribution is 0.0562. The number of ether oxygens (including phenoxy) is 1. The van der Waals surface area contributed by atoms with Crippen molar-refractivity contribution < 1.29 is 9.53 Å². The van der Waals surface area contributed by atoms with Crippen LogP contribution in [0, 0.1) is 6.92 Å². The third kappa shape index (κ3) is 2.98. The van der Waals surface area contributed by atoms with E-state index < -0.39 is 0 Å². The van der Waals surface area contributed by atoms with Crippen molar-refractivity contribution in [2.75, 3.05) is 25.4 Å². The van der Waals surface area contributed by atoms with Crippen molar-refractivity contribution >= 4 is 11.7 Å². The van der Waals surface area contributed by atoms with Gasteiger partial charge in [0.05, 0.1) is 6.10 Å². The molecule has 1 saturated heterocycles. The summed E-state index contributed by atoms with van der Waals surface area (Å²) < 4.78 is 5.54. The normalized spacial score (nSPS) is 20.6. The Labute approximate surface area is 107 Å². The Morgan fingerprint density at radius 2 is 2.33 bits per heavy atom. The lowest BCUT2D eigenvalue weighted by Crippen LogP contribution is -2.36. The smallest absolute Gasteiger partial charge is 0.254 e. The van der Waals surface area contributed by atoms with Crippen LogP contribution >= 0.6 is 0 Å². The summed E-state index contributed by atoms with van der Waals surface area (Å²) in [6, 6.07) is 3.40. The van der Waals surface area contributed by atoms with Gasteiger partial charge in [0.25, 0.3) is 5.91 Å². The van der Waals surface area contributed by atoms with Gasteiger partial charge in [-0.2, -0.15) is 0 Å². The number of hydrogen-bond donors (Lipinski definition) is 1. The molecule has 1 atom stereocenters. The fraction of sp³-hybridized carbons (Fsp3) is 0.538. The van der Waals surface area contributed by atoms with Crippen molar-refractivity contribution in [3.63, 3.8) is 0 Å². The molecule has 5 heteroatoms. The average Bonchev–Trinajstić information content (AvgIpc) is 2.51. The zero-order chi connectivity index (χ0) is 13.1. The fourth-order valence-electron chi connectivity index (χ4n) is 2.18. The van der Waals surface area contributed by atoms with E-state index in [-0.39, 0.29) is 12.0 Å². The molecule has 0 saturated carbocycles. The number of amides is 1. The number of anilines is 1. The molecule has 1 fully saturated rings. The van der Waals surface area contributed by atoms with Gasteiger partial charge in [-0.3, -0.25) is 4.79 Å². The summed E-state index contributed by atoms with van der Waals surface area (Å²) in [6.07, 6.45) is 0.951. The number of aromatic nitrogens is 1. The van der Waals surface area contributed by atoms with E-state index in [1.807, 2.05) is 18.7 Å². The van der Waals surface area contributed by atoms with E-state index in [1.54, 1.807) is 12.1 Å². The van der Waals surface area contributed by atoms with Gasteiger partial charge in [-0.25, -0.2) is 4.98 Å². The Bertz CT molecular complexity index is 428. The molecule has 1 aliphatic heterocycles. The lowest BCUT2D eigenvalue weighted by atomic mass is 10.2. The molecule has 0 aliphatic carbocycles. The van der Waals surface area contributed by atoms with Crippen LogP contribution in [0.4, 0.5) is 5.82 Å². The van der Waals surface area contributed by atoms with Gasteiger partial charge in [-0.1, -0.05) is 0 Å². The lowest BCUT2D eigenvalue weighted by Gasteiger charge is -2.22. The molecule has 1 amide bonds. The molecule has 0 bridgehead atoms. The molecule has 0 spiro atoms. The summed E-state index contributed by atoms with van der Waals surface area (Å²) in [4.78, 5) is 18.3. The van der Waals surface area contributed by atoms with E-state index >= 15 is 0 Å². The molecular formula is C13H19N3O2. The molecule has 1 unspecified atom stereocenters. The van der Waals surface area contributed by atoms with E-state index in [4.69, 9.17) is 10.5 Å². The average molecular weight is 249 g/mol. The standard InChI is InChI=1S/C13H19N3O2/c1-9-6-11(7-12(14)15-9)13(17)16-4-3-5-18-10(2)8-16/h6-7,10H,3-5,8H2,1-2H3,(H2,14,15). The summed E-state index contributed by atoms with van der Waals surface area (Å²) in [5.74, 6) is 0.391. The number of hydrogen-bond acceptors (Lipinski definition) is 4. The molecule has 18 heavy (non-hydrogen) atoms. The summed E-state index contributed by atoms with van der Waals surface area (Å²) in [6.45, 7) is 5.88. The van der Waals surface area contributed by atoms with Crippen LogP contribution in [0.5, 0.6) is 0 Å². The van der Waals surface area contributed by atoms with Crippen molar-refractivity contribution in [1.82, 2.24) is 9.88 Å². The first-order chi connectivity index (χ1) is 8.56. The van der Waals surface area contributed by atoms with Gasteiger partial charge in [0, 0.05) is 31.0 Å². The van der Waals surface area contributed by atoms with Crippen LogP contribution in [0.25, 0.3) is 0 Å². The van der Waals surface area contributed by atoms with Crippen molar-refractivity contribution in [2.45, 2.75) is 26.4 Å². The third-order valence-electron chi connectivity index (χ3n) is 2.96. The summed E-state index contributed by atoms with van der Waals surface area (Å²) in [5.41, 5.74) is 7.05. The number of carbonyl (C=O) groups excluding carboxylic acids is 1. The van der Waals surface area contributed by atoms with E-state index in [0.29, 0.717) is 24.5 Å². The van der Waals surface area contributed by atoms with Crippen molar-refractivity contribution in [2.24, 2.45) is 0 Å². The molecule has 0 aromatic carbocycles. The van der Waals surface area contributed by atoms with Crippen molar-refractivity contribution in [3.05, 3.63) is 23.4 Å². The van der Waals surface area contributed by atoms with Gasteiger partial charge in [-0.15, -0.1) is 0 Å². The predicted molar refractivity (Wildman–Crippen MR) is 69.3 cm³/mol. The maximum Gasteiger partial charge on any atom is 0.254 e. The highest BCUT2D eigenvalue weighted by molar-refractivity contribution is 5.95. The SMILES string of the molecule is Cc1cc(C(=O)N2CCCOC(C)C2)cc(N)n1. The number of pyridine rings is 1. The Morgan fingerprint density at radius 3 is 3.06 bits per heavy atom. The number of nitrogen functional groups attached to an aromatic ring is 1. The minimum atomic E-state index is 0.00421. The number of carbonyl (C=O) groups is 1. The molecule has 1 aliphatic rings. The minimum absolute atomic E-state index is 0.00421. The number of nitrogens with zero attached hydrogens (tertiary/aromatic N) is 2. The Hall–Kier alpha value is -1.62. The minimum Gasteiger partial charge on any atom is -0.384 e. The van der Waals surface area contributed by atoms with Crippen LogP contribution in [-0.4, -0.2) is 41.6 Å². The van der Waals surface area contributed by atoms with Gasteiger partial charge in [0.1, 0.15) is 5.82 Å². The highest BCUT2D eigenvalue weighted by atomic mass is 16.5. The van der Waals surface area contributed by atoms with Gasteiger partial charge >= 0.3 is 0 Å². The van der Waals surface area contributed by atoms with Gasteiger partial charge in [0.15, 0.2) is 0 Å². The zero-order valence-corrected chi connectivity index (χ0v) is 10.8. The van der Waals surface area contributed by atoms with Gasteiger partial charge < -0.3 is 15.4 Å². The maximum atomic E-state index is 12.4. The summed E-state index contributed by atoms with van der Waals surface area (Å²) in [7, 11) is 0. The van der Waals surface area contributed by atoms with E-state index in [0.717, 1.165) is 18.7 Å². The molecule has 0 radical (unpaired) electrons. The predicted octanol–water partition coefficient (Wildman–Crippen LogP) is 1.22. The Morgan fingerprint density at radius 1 is 1.56 bits per heavy atom. The second kappa shape index (κ2) is 5.35. The second-order valence-corrected chi connectivity index (χ2v) is 4.71. The van der Waals surface area contributed by atoms with E-state index in [9.17, 15) is 4.79 Å². The van der Waals surface area contributed by atoms with Crippen LogP contribution in [0.15, 0.2) is 12.1 Å². The highest BCUT2D eigenvalue weighted by Crippen LogP contribution is 2.13. The van der Waals surface area contributed by atoms with Gasteiger partial charge in [0.2, 0.25) is 0 Å². The Balaban J connectivity index is 2.18. The number of aryl methyl sites for hydroxylation is 1. The topological polar surface area (TPSA) is 68.5 Å². The molecule has 98 valence electrons. The van der Waals surface area contributed by atoms with Gasteiger partial charge in [-0.05, 0) is 32.4 Å². The molecular weight excluding hydrogens is 230 g/mol. The quantitative estimate of drug-likeness (QED) is 0.812. The molecule has 2 N–H and O–H groups in total. The molecule has 1 aromatic heterocycles. The summed E-state index contributed by atoms with van der Waals surface area (Å²) in [5, 5.41) is 0. The van der Waals surface area contributed by atoms with E-state index in [1.165, 1.54) is 0 Å². The number of rotatable bonds is 1. The Kier molecular flexibility index (Phi) is 3.81. The van der Waals surface area contributed by atoms with Crippen LogP contribution in [0.3, 0.4) is 0 Å². The maximum absolute atomic E-state index is 12.4. The first-order valence-corrected chi connectivity index (χ1v) is 6.21. The third-order valence-corrected chi connectivity index (χ3v) is 2.96. The largest absolute Gasteiger partial charge is 0.384 e. The van der Waals surface area contributed by atoms with Crippen LogP contribution in [0.2, 0.25) is 0 Å². The van der Waals surface area contributed by atoms with Crippen LogP contribution < -0.4 is 5.73 Å². The highest BCUT2D eigenvalue weighted by Gasteiger charge is 2.21. The van der Waals surface area contributed by atoms with Crippen molar-refractivity contribution in [1.29, 1.82) is 0 Å². The molecule has 1 aromatic rings. The zero-order valence-electron chi connectivity index (χ0n) is 10.8.